The minimum atomic E-state index is -3.46. The first-order chi connectivity index (χ1) is 13.2. The van der Waals surface area contributed by atoms with Gasteiger partial charge in [-0.1, -0.05) is 12.8 Å². The number of anilines is 1. The molecule has 1 fully saturated rings. The summed E-state index contributed by atoms with van der Waals surface area (Å²) in [6, 6.07) is 6.01. The lowest BCUT2D eigenvalue weighted by Gasteiger charge is -2.10. The molecule has 1 aliphatic carbocycles. The van der Waals surface area contributed by atoms with Crippen LogP contribution < -0.4 is 10.1 Å². The Morgan fingerprint density at radius 1 is 1.29 bits per heavy atom. The van der Waals surface area contributed by atoms with Gasteiger partial charge in [-0.25, -0.2) is 13.4 Å². The first-order valence-electron chi connectivity index (χ1n) is 8.78. The Balaban J connectivity index is 1.67. The summed E-state index contributed by atoms with van der Waals surface area (Å²) in [5.41, 5.74) is 1.26. The highest BCUT2D eigenvalue weighted by Gasteiger charge is 2.30. The first kappa shape index (κ1) is 20.7. The van der Waals surface area contributed by atoms with Gasteiger partial charge in [-0.3, -0.25) is 4.79 Å². The van der Waals surface area contributed by atoms with E-state index < -0.39 is 33.4 Å². The van der Waals surface area contributed by atoms with Crippen molar-refractivity contribution in [2.45, 2.75) is 44.5 Å². The molecule has 10 heteroatoms. The van der Waals surface area contributed by atoms with Gasteiger partial charge < -0.3 is 10.1 Å². The standard InChI is InChI=1S/C18H20F2N2O4S2/c1-11-16(12-6-8-13(9-7-12)26-17(19)20)22-18(27-11)21-15(23)10-28(24,25)14-4-2-3-5-14/h6-9,14,17H,2-5,10H2,1H3,(H,21,22,23). The van der Waals surface area contributed by atoms with E-state index in [1.54, 1.807) is 12.1 Å². The zero-order chi connectivity index (χ0) is 20.3. The molecule has 6 nitrogen and oxygen atoms in total. The van der Waals surface area contributed by atoms with Crippen molar-refractivity contribution in [2.75, 3.05) is 11.1 Å². The summed E-state index contributed by atoms with van der Waals surface area (Å²) < 4.78 is 53.4. The van der Waals surface area contributed by atoms with Crippen molar-refractivity contribution in [3.05, 3.63) is 29.1 Å². The average Bonchev–Trinajstić information content (AvgIpc) is 3.25. The highest BCUT2D eigenvalue weighted by Crippen LogP contribution is 2.32. The molecule has 1 aliphatic rings. The van der Waals surface area contributed by atoms with Gasteiger partial charge in [0, 0.05) is 10.4 Å². The largest absolute Gasteiger partial charge is 0.435 e. The number of carbonyl (C=O) groups excluding carboxylic acids is 1. The van der Waals surface area contributed by atoms with Gasteiger partial charge >= 0.3 is 6.61 Å². The molecule has 0 aliphatic heterocycles. The number of aryl methyl sites for hydroxylation is 1. The van der Waals surface area contributed by atoms with Crippen LogP contribution in [0.25, 0.3) is 11.3 Å². The molecule has 1 aromatic carbocycles. The predicted octanol–water partition coefficient (Wildman–Crippen LogP) is 4.02. The van der Waals surface area contributed by atoms with E-state index in [0.717, 1.165) is 17.7 Å². The Bertz CT molecular complexity index is 937. The van der Waals surface area contributed by atoms with Crippen LogP contribution >= 0.6 is 11.3 Å². The molecule has 28 heavy (non-hydrogen) atoms. The van der Waals surface area contributed by atoms with Crippen LogP contribution in [0, 0.1) is 6.92 Å². The number of benzene rings is 1. The lowest BCUT2D eigenvalue weighted by atomic mass is 10.1. The number of carbonyl (C=O) groups is 1. The molecule has 1 heterocycles. The third kappa shape index (κ3) is 5.05. The molecule has 0 saturated heterocycles. The summed E-state index contributed by atoms with van der Waals surface area (Å²) in [6.07, 6.45) is 2.98. The Morgan fingerprint density at radius 3 is 2.54 bits per heavy atom. The second-order valence-electron chi connectivity index (χ2n) is 6.59. The Hall–Kier alpha value is -2.07. The van der Waals surface area contributed by atoms with E-state index in [1.165, 1.54) is 23.5 Å². The number of hydrogen-bond donors (Lipinski definition) is 1. The highest BCUT2D eigenvalue weighted by molar-refractivity contribution is 7.92. The summed E-state index contributed by atoms with van der Waals surface area (Å²) >= 11 is 1.22. The lowest BCUT2D eigenvalue weighted by molar-refractivity contribution is -0.113. The minimum absolute atomic E-state index is 0.0391. The number of rotatable bonds is 7. The molecule has 1 saturated carbocycles. The number of sulfone groups is 1. The maximum Gasteiger partial charge on any atom is 0.387 e. The van der Waals surface area contributed by atoms with Crippen molar-refractivity contribution in [3.63, 3.8) is 0 Å². The van der Waals surface area contributed by atoms with Crippen LogP contribution in [-0.4, -0.2) is 36.9 Å². The van der Waals surface area contributed by atoms with E-state index in [-0.39, 0.29) is 5.75 Å². The Labute approximate surface area is 165 Å². The molecule has 0 bridgehead atoms. The minimum Gasteiger partial charge on any atom is -0.435 e. The highest BCUT2D eigenvalue weighted by atomic mass is 32.2. The zero-order valence-electron chi connectivity index (χ0n) is 15.2. The Morgan fingerprint density at radius 2 is 1.93 bits per heavy atom. The van der Waals surface area contributed by atoms with Gasteiger partial charge in [-0.2, -0.15) is 8.78 Å². The van der Waals surface area contributed by atoms with Crippen LogP contribution in [0.2, 0.25) is 0 Å². The van der Waals surface area contributed by atoms with E-state index in [0.29, 0.717) is 29.2 Å². The van der Waals surface area contributed by atoms with Crippen molar-refractivity contribution in [1.82, 2.24) is 4.98 Å². The maximum absolute atomic E-state index is 12.3. The number of nitrogens with one attached hydrogen (secondary N) is 1. The van der Waals surface area contributed by atoms with Gasteiger partial charge in [-0.05, 0) is 44.0 Å². The smallest absolute Gasteiger partial charge is 0.387 e. The SMILES string of the molecule is Cc1sc(NC(=O)CS(=O)(=O)C2CCCC2)nc1-c1ccc(OC(F)F)cc1. The van der Waals surface area contributed by atoms with Crippen LogP contribution in [-0.2, 0) is 14.6 Å². The van der Waals surface area contributed by atoms with Gasteiger partial charge in [-0.15, -0.1) is 11.3 Å². The fraction of sp³-hybridized carbons (Fsp3) is 0.444. The van der Waals surface area contributed by atoms with Crippen LogP contribution in [0.3, 0.4) is 0 Å². The molecule has 0 atom stereocenters. The molecule has 0 unspecified atom stereocenters. The quantitative estimate of drug-likeness (QED) is 0.717. The topological polar surface area (TPSA) is 85.4 Å². The number of thiazole rings is 1. The predicted molar refractivity (Wildman–Crippen MR) is 104 cm³/mol. The van der Waals surface area contributed by atoms with Crippen molar-refractivity contribution in [3.8, 4) is 17.0 Å². The average molecular weight is 430 g/mol. The van der Waals surface area contributed by atoms with Crippen LogP contribution in [0.15, 0.2) is 24.3 Å². The molecular formula is C18H20F2N2O4S2. The van der Waals surface area contributed by atoms with Gasteiger partial charge in [0.05, 0.1) is 10.9 Å². The van der Waals surface area contributed by atoms with Crippen molar-refractivity contribution in [2.24, 2.45) is 0 Å². The van der Waals surface area contributed by atoms with Gasteiger partial charge in [0.1, 0.15) is 11.5 Å². The Kier molecular flexibility index (Phi) is 6.29. The van der Waals surface area contributed by atoms with Crippen molar-refractivity contribution in [1.29, 1.82) is 0 Å². The number of ether oxygens (including phenoxy) is 1. The summed E-state index contributed by atoms with van der Waals surface area (Å²) in [5, 5.41) is 2.42. The molecule has 1 amide bonds. The molecular weight excluding hydrogens is 410 g/mol. The molecule has 1 N–H and O–H groups in total. The molecule has 3 rings (SSSR count). The van der Waals surface area contributed by atoms with Gasteiger partial charge in [0.2, 0.25) is 5.91 Å². The van der Waals surface area contributed by atoms with E-state index >= 15 is 0 Å². The maximum atomic E-state index is 12.3. The van der Waals surface area contributed by atoms with Crippen LogP contribution in [0.5, 0.6) is 5.75 Å². The van der Waals surface area contributed by atoms with Gasteiger partial charge in [0.25, 0.3) is 0 Å². The first-order valence-corrected chi connectivity index (χ1v) is 11.3. The zero-order valence-corrected chi connectivity index (χ0v) is 16.8. The fourth-order valence-corrected chi connectivity index (χ4v) is 5.79. The lowest BCUT2D eigenvalue weighted by Crippen LogP contribution is -2.29. The summed E-state index contributed by atoms with van der Waals surface area (Å²) in [5.74, 6) is -1.11. The fourth-order valence-electron chi connectivity index (χ4n) is 3.22. The van der Waals surface area contributed by atoms with E-state index in [4.69, 9.17) is 0 Å². The normalized spacial score (nSPS) is 15.1. The number of aromatic nitrogens is 1. The number of halogens is 2. The van der Waals surface area contributed by atoms with E-state index in [2.05, 4.69) is 15.0 Å². The number of hydrogen-bond acceptors (Lipinski definition) is 6. The molecule has 1 aromatic heterocycles. The summed E-state index contributed by atoms with van der Waals surface area (Å²) in [4.78, 5) is 17.3. The van der Waals surface area contributed by atoms with Crippen molar-refractivity contribution < 1.29 is 26.7 Å². The van der Waals surface area contributed by atoms with Gasteiger partial charge in [0.15, 0.2) is 15.0 Å². The molecule has 0 spiro atoms. The van der Waals surface area contributed by atoms with Crippen LogP contribution in [0.1, 0.15) is 30.6 Å². The summed E-state index contributed by atoms with van der Waals surface area (Å²) in [7, 11) is -3.46. The second-order valence-corrected chi connectivity index (χ2v) is 10.1. The second kappa shape index (κ2) is 8.52. The third-order valence-corrected chi connectivity index (χ3v) is 7.58. The van der Waals surface area contributed by atoms with Crippen molar-refractivity contribution >= 4 is 32.2 Å². The van der Waals surface area contributed by atoms with E-state index in [1.807, 2.05) is 6.92 Å². The monoisotopic (exact) mass is 430 g/mol. The third-order valence-electron chi connectivity index (χ3n) is 4.54. The summed E-state index contributed by atoms with van der Waals surface area (Å²) in [6.45, 7) is -1.09. The van der Waals surface area contributed by atoms with E-state index in [9.17, 15) is 22.0 Å². The molecule has 2 aromatic rings. The van der Waals surface area contributed by atoms with Crippen LogP contribution in [0.4, 0.5) is 13.9 Å². The number of nitrogens with zero attached hydrogens (tertiary/aromatic N) is 1. The number of amides is 1. The molecule has 0 radical (unpaired) electrons. The molecule has 152 valence electrons. The number of alkyl halides is 2.